The van der Waals surface area contributed by atoms with Crippen molar-refractivity contribution in [3.05, 3.63) is 139 Å². The molecule has 0 unspecified atom stereocenters. The molecule has 2 nitrogen and oxygen atoms in total. The van der Waals surface area contributed by atoms with Crippen LogP contribution in [0, 0.1) is 11.3 Å². The number of rotatable bonds is 3. The van der Waals surface area contributed by atoms with Crippen molar-refractivity contribution < 1.29 is 0 Å². The van der Waals surface area contributed by atoms with Crippen molar-refractivity contribution in [3.8, 4) is 34.0 Å². The molecular weight excluding hydrogens is 504 g/mol. The first kappa shape index (κ1) is 22.8. The number of benzene rings is 6. The van der Waals surface area contributed by atoms with Crippen LogP contribution in [0.2, 0.25) is 0 Å². The van der Waals surface area contributed by atoms with Crippen LogP contribution in [-0.4, -0.2) is 4.57 Å². The first-order valence-corrected chi connectivity index (χ1v) is 14.2. The smallest absolute Gasteiger partial charge is 0.0992 e. The summed E-state index contributed by atoms with van der Waals surface area (Å²) in [5.41, 5.74) is 8.55. The molecule has 0 atom stereocenters. The summed E-state index contributed by atoms with van der Waals surface area (Å²) in [6.07, 6.45) is 0. The van der Waals surface area contributed by atoms with E-state index in [4.69, 9.17) is 0 Å². The van der Waals surface area contributed by atoms with Crippen LogP contribution in [0.25, 0.3) is 69.9 Å². The second kappa shape index (κ2) is 8.95. The molecule has 3 heteroatoms. The molecule has 0 fully saturated rings. The molecule has 2 heterocycles. The van der Waals surface area contributed by atoms with Crippen LogP contribution < -0.4 is 0 Å². The highest BCUT2D eigenvalue weighted by atomic mass is 32.1. The van der Waals surface area contributed by atoms with Gasteiger partial charge in [0.2, 0.25) is 0 Å². The average Bonchev–Trinajstić information content (AvgIpc) is 3.57. The zero-order chi connectivity index (χ0) is 26.6. The predicted molar refractivity (Wildman–Crippen MR) is 169 cm³/mol. The molecule has 6 aromatic carbocycles. The minimum Gasteiger partial charge on any atom is -0.309 e. The standard InChI is InChI=1S/C37H22N2S/c38-23-24-20-21-29(34(22-24)39-32-16-6-3-12-27(32)28-13-4-7-17-33(28)39)25-10-1-2-11-26(25)30-15-9-19-36-37(30)31-14-5-8-18-35(31)40-36/h1-22H. The zero-order valence-corrected chi connectivity index (χ0v) is 22.3. The molecule has 0 bridgehead atoms. The fourth-order valence-corrected chi connectivity index (χ4v) is 7.28. The zero-order valence-electron chi connectivity index (χ0n) is 21.5. The number of fused-ring (bicyclic) bond motifs is 6. The summed E-state index contributed by atoms with van der Waals surface area (Å²) in [5.74, 6) is 0. The summed E-state index contributed by atoms with van der Waals surface area (Å²) in [4.78, 5) is 0. The summed E-state index contributed by atoms with van der Waals surface area (Å²) in [7, 11) is 0. The van der Waals surface area contributed by atoms with E-state index in [0.29, 0.717) is 5.56 Å². The van der Waals surface area contributed by atoms with Gasteiger partial charge in [-0.05, 0) is 53.1 Å². The third kappa shape index (κ3) is 3.34. The van der Waals surface area contributed by atoms with Crippen molar-refractivity contribution in [1.82, 2.24) is 4.57 Å². The quantitative estimate of drug-likeness (QED) is 0.225. The van der Waals surface area contributed by atoms with Crippen LogP contribution in [0.4, 0.5) is 0 Å². The van der Waals surface area contributed by atoms with Crippen molar-refractivity contribution in [2.45, 2.75) is 0 Å². The third-order valence-electron chi connectivity index (χ3n) is 7.86. The Hall–Kier alpha value is -5.17. The first-order chi connectivity index (χ1) is 19.8. The van der Waals surface area contributed by atoms with Gasteiger partial charge in [0.15, 0.2) is 0 Å². The van der Waals surface area contributed by atoms with Crippen LogP contribution in [-0.2, 0) is 0 Å². The van der Waals surface area contributed by atoms with Gasteiger partial charge in [0, 0.05) is 36.5 Å². The molecule has 40 heavy (non-hydrogen) atoms. The normalized spacial score (nSPS) is 11.5. The maximum Gasteiger partial charge on any atom is 0.0992 e. The Morgan fingerprint density at radius 1 is 0.500 bits per heavy atom. The lowest BCUT2D eigenvalue weighted by Gasteiger charge is -2.18. The molecule has 0 saturated carbocycles. The van der Waals surface area contributed by atoms with Gasteiger partial charge in [-0.1, -0.05) is 97.1 Å². The Labute approximate surface area is 235 Å². The molecule has 0 saturated heterocycles. The van der Waals surface area contributed by atoms with Crippen LogP contribution in [0.3, 0.4) is 0 Å². The van der Waals surface area contributed by atoms with Gasteiger partial charge in [0.25, 0.3) is 0 Å². The van der Waals surface area contributed by atoms with Crippen LogP contribution in [0.15, 0.2) is 133 Å². The third-order valence-corrected chi connectivity index (χ3v) is 8.99. The number of nitrogens with zero attached hydrogens (tertiary/aromatic N) is 2. The Balaban J connectivity index is 1.47. The molecule has 0 amide bonds. The van der Waals surface area contributed by atoms with Crippen molar-refractivity contribution >= 4 is 53.3 Å². The molecular formula is C37H22N2S. The van der Waals surface area contributed by atoms with E-state index in [1.807, 2.05) is 23.5 Å². The molecule has 8 aromatic rings. The summed E-state index contributed by atoms with van der Waals surface area (Å²) >= 11 is 1.84. The van der Waals surface area contributed by atoms with Gasteiger partial charge in [-0.25, -0.2) is 0 Å². The van der Waals surface area contributed by atoms with Crippen LogP contribution in [0.1, 0.15) is 5.56 Å². The molecule has 0 N–H and O–H groups in total. The number of nitriles is 1. The van der Waals surface area contributed by atoms with Crippen molar-refractivity contribution in [3.63, 3.8) is 0 Å². The molecule has 0 radical (unpaired) electrons. The molecule has 186 valence electrons. The summed E-state index contributed by atoms with van der Waals surface area (Å²) in [6.45, 7) is 0. The number of para-hydroxylation sites is 2. The van der Waals surface area contributed by atoms with Crippen LogP contribution in [0.5, 0.6) is 0 Å². The van der Waals surface area contributed by atoms with Gasteiger partial charge in [0.1, 0.15) is 0 Å². The Morgan fingerprint density at radius 2 is 1.07 bits per heavy atom. The monoisotopic (exact) mass is 526 g/mol. The van der Waals surface area contributed by atoms with E-state index in [9.17, 15) is 5.26 Å². The van der Waals surface area contributed by atoms with E-state index in [-0.39, 0.29) is 0 Å². The van der Waals surface area contributed by atoms with Gasteiger partial charge >= 0.3 is 0 Å². The second-order valence-electron chi connectivity index (χ2n) is 10.0. The second-order valence-corrected chi connectivity index (χ2v) is 11.1. The van der Waals surface area contributed by atoms with E-state index in [2.05, 4.69) is 132 Å². The number of hydrogen-bond acceptors (Lipinski definition) is 2. The number of aromatic nitrogens is 1. The number of thiophene rings is 1. The van der Waals surface area contributed by atoms with Gasteiger partial charge < -0.3 is 4.57 Å². The Morgan fingerprint density at radius 3 is 1.80 bits per heavy atom. The highest BCUT2D eigenvalue weighted by Crippen LogP contribution is 2.44. The minimum absolute atomic E-state index is 0.643. The van der Waals surface area contributed by atoms with Gasteiger partial charge in [-0.2, -0.15) is 5.26 Å². The number of hydrogen-bond donors (Lipinski definition) is 0. The van der Waals surface area contributed by atoms with E-state index < -0.39 is 0 Å². The lowest BCUT2D eigenvalue weighted by atomic mass is 9.90. The molecule has 0 spiro atoms. The average molecular weight is 527 g/mol. The summed E-state index contributed by atoms with van der Waals surface area (Å²) < 4.78 is 4.90. The summed E-state index contributed by atoms with van der Waals surface area (Å²) in [5, 5.41) is 14.9. The lowest BCUT2D eigenvalue weighted by Crippen LogP contribution is -1.99. The highest BCUT2D eigenvalue weighted by molar-refractivity contribution is 7.25. The Kier molecular flexibility index (Phi) is 5.10. The minimum atomic E-state index is 0.643. The van der Waals surface area contributed by atoms with E-state index >= 15 is 0 Å². The largest absolute Gasteiger partial charge is 0.309 e. The summed E-state index contributed by atoms with van der Waals surface area (Å²) in [6, 6.07) is 49.5. The van der Waals surface area contributed by atoms with E-state index in [1.54, 1.807) is 0 Å². The fourth-order valence-electron chi connectivity index (χ4n) is 6.15. The van der Waals surface area contributed by atoms with Gasteiger partial charge in [-0.15, -0.1) is 11.3 Å². The molecule has 8 rings (SSSR count). The molecule has 2 aromatic heterocycles. The SMILES string of the molecule is N#Cc1ccc(-c2ccccc2-c2cccc3sc4ccccc4c23)c(-n2c3ccccc3c3ccccc32)c1. The van der Waals surface area contributed by atoms with Crippen molar-refractivity contribution in [1.29, 1.82) is 5.26 Å². The predicted octanol–water partition coefficient (Wildman–Crippen LogP) is 10.4. The van der Waals surface area contributed by atoms with Crippen molar-refractivity contribution in [2.75, 3.05) is 0 Å². The Bertz CT molecular complexity index is 2240. The van der Waals surface area contributed by atoms with Crippen molar-refractivity contribution in [2.24, 2.45) is 0 Å². The maximum atomic E-state index is 9.92. The van der Waals surface area contributed by atoms with E-state index in [0.717, 1.165) is 27.8 Å². The first-order valence-electron chi connectivity index (χ1n) is 13.3. The highest BCUT2D eigenvalue weighted by Gasteiger charge is 2.19. The van der Waals surface area contributed by atoms with Gasteiger partial charge in [0.05, 0.1) is 28.4 Å². The lowest BCUT2D eigenvalue weighted by molar-refractivity contribution is 1.18. The van der Waals surface area contributed by atoms with E-state index in [1.165, 1.54) is 42.1 Å². The maximum absolute atomic E-state index is 9.92. The molecule has 0 aliphatic heterocycles. The van der Waals surface area contributed by atoms with Gasteiger partial charge in [-0.3, -0.25) is 0 Å². The topological polar surface area (TPSA) is 28.7 Å². The molecule has 0 aliphatic rings. The van der Waals surface area contributed by atoms with Crippen LogP contribution >= 0.6 is 11.3 Å². The molecule has 0 aliphatic carbocycles. The fraction of sp³-hybridized carbons (Fsp3) is 0.